The van der Waals surface area contributed by atoms with Crippen LogP contribution in [0.4, 0.5) is 5.69 Å². The zero-order valence-corrected chi connectivity index (χ0v) is 25.0. The van der Waals surface area contributed by atoms with Crippen molar-refractivity contribution in [1.82, 2.24) is 5.43 Å². The second kappa shape index (κ2) is 12.8. The highest BCUT2D eigenvalue weighted by Crippen LogP contribution is 2.29. The number of hydrazone groups is 1. The molecule has 0 spiro atoms. The van der Waals surface area contributed by atoms with Crippen LogP contribution < -0.4 is 14.9 Å². The lowest BCUT2D eigenvalue weighted by Gasteiger charge is -2.11. The maximum atomic E-state index is 12.9. The summed E-state index contributed by atoms with van der Waals surface area (Å²) in [6.45, 7) is 0. The lowest BCUT2D eigenvalue weighted by atomic mass is 10.0. The number of carbonyl (C=O) groups is 2. The first kappa shape index (κ1) is 30.1. The van der Waals surface area contributed by atoms with Crippen LogP contribution in [-0.2, 0) is 10.0 Å². The van der Waals surface area contributed by atoms with E-state index in [4.69, 9.17) is 39.5 Å². The summed E-state index contributed by atoms with van der Waals surface area (Å²) in [5.74, 6) is -1.04. The molecule has 0 heterocycles. The van der Waals surface area contributed by atoms with E-state index in [-0.39, 0.29) is 32.5 Å². The second-order valence-corrected chi connectivity index (χ2v) is 12.0. The second-order valence-electron chi connectivity index (χ2n) is 9.05. The molecular weight excluding hydrogens is 633 g/mol. The third-order valence-corrected chi connectivity index (χ3v) is 8.36. The van der Waals surface area contributed by atoms with E-state index in [1.807, 2.05) is 24.3 Å². The van der Waals surface area contributed by atoms with E-state index < -0.39 is 21.9 Å². The summed E-state index contributed by atoms with van der Waals surface area (Å²) < 4.78 is 33.3. The fourth-order valence-electron chi connectivity index (χ4n) is 4.05. The number of anilines is 1. The fourth-order valence-corrected chi connectivity index (χ4v) is 5.72. The number of hydrogen-bond acceptors (Lipinski definition) is 6. The van der Waals surface area contributed by atoms with Gasteiger partial charge in [0, 0.05) is 26.9 Å². The SMILES string of the molecule is O=C(N/N=C\c1c(OC(=O)c2ccc(Cl)cc2Cl)ccc2ccccc12)c1ccc(NS(=O)(=O)c2ccc(Cl)cc2)cc1. The van der Waals surface area contributed by atoms with Crippen molar-refractivity contribution in [3.05, 3.63) is 135 Å². The van der Waals surface area contributed by atoms with Crippen LogP contribution in [0.5, 0.6) is 5.75 Å². The minimum atomic E-state index is -3.84. The summed E-state index contributed by atoms with van der Waals surface area (Å²) in [5, 5.41) is 6.61. The molecule has 0 fully saturated rings. The summed E-state index contributed by atoms with van der Waals surface area (Å²) in [5.41, 5.74) is 3.52. The third kappa shape index (κ3) is 7.15. The lowest BCUT2D eigenvalue weighted by Crippen LogP contribution is -2.18. The molecule has 0 aliphatic rings. The molecule has 5 aromatic carbocycles. The predicted octanol–water partition coefficient (Wildman–Crippen LogP) is 7.58. The Balaban J connectivity index is 1.32. The number of nitrogens with one attached hydrogen (secondary N) is 2. The van der Waals surface area contributed by atoms with E-state index in [0.717, 1.165) is 10.8 Å². The number of ether oxygens (including phenoxy) is 1. The van der Waals surface area contributed by atoms with Crippen LogP contribution in [0.2, 0.25) is 15.1 Å². The predicted molar refractivity (Wildman–Crippen MR) is 169 cm³/mol. The van der Waals surface area contributed by atoms with Gasteiger partial charge in [-0.3, -0.25) is 9.52 Å². The van der Waals surface area contributed by atoms with Crippen molar-refractivity contribution in [2.75, 3.05) is 4.72 Å². The molecule has 2 N–H and O–H groups in total. The average Bonchev–Trinajstić information content (AvgIpc) is 2.98. The highest BCUT2D eigenvalue weighted by molar-refractivity contribution is 7.92. The van der Waals surface area contributed by atoms with Crippen LogP contribution in [0.1, 0.15) is 26.3 Å². The van der Waals surface area contributed by atoms with Gasteiger partial charge in [0.25, 0.3) is 15.9 Å². The molecule has 0 saturated carbocycles. The van der Waals surface area contributed by atoms with Crippen LogP contribution in [0, 0.1) is 0 Å². The van der Waals surface area contributed by atoms with Crippen molar-refractivity contribution in [3.8, 4) is 5.75 Å². The Hall–Kier alpha value is -4.41. The molecule has 5 rings (SSSR count). The van der Waals surface area contributed by atoms with Crippen molar-refractivity contribution in [2.45, 2.75) is 4.90 Å². The van der Waals surface area contributed by atoms with Gasteiger partial charge in [0.1, 0.15) is 5.75 Å². The molecule has 12 heteroatoms. The fraction of sp³-hybridized carbons (Fsp3) is 0. The van der Waals surface area contributed by atoms with Crippen molar-refractivity contribution in [2.24, 2.45) is 5.10 Å². The quantitative estimate of drug-likeness (QED) is 0.0776. The highest BCUT2D eigenvalue weighted by atomic mass is 35.5. The topological polar surface area (TPSA) is 114 Å². The first-order valence-corrected chi connectivity index (χ1v) is 15.1. The van der Waals surface area contributed by atoms with E-state index >= 15 is 0 Å². The van der Waals surface area contributed by atoms with E-state index in [0.29, 0.717) is 15.6 Å². The van der Waals surface area contributed by atoms with Gasteiger partial charge >= 0.3 is 5.97 Å². The normalized spacial score (nSPS) is 11.4. The van der Waals surface area contributed by atoms with Crippen molar-refractivity contribution >= 4 is 79.4 Å². The molecule has 8 nitrogen and oxygen atoms in total. The number of esters is 1. The molecule has 43 heavy (non-hydrogen) atoms. The van der Waals surface area contributed by atoms with Gasteiger partial charge in [0.15, 0.2) is 0 Å². The first-order chi connectivity index (χ1) is 20.6. The van der Waals surface area contributed by atoms with Crippen LogP contribution in [-0.4, -0.2) is 26.5 Å². The number of nitrogens with zero attached hydrogens (tertiary/aromatic N) is 1. The molecule has 1 amide bonds. The number of carbonyl (C=O) groups excluding carboxylic acids is 2. The third-order valence-electron chi connectivity index (χ3n) is 6.17. The Morgan fingerprint density at radius 3 is 2.21 bits per heavy atom. The van der Waals surface area contributed by atoms with E-state index in [1.54, 1.807) is 12.1 Å². The zero-order chi connectivity index (χ0) is 30.6. The summed E-state index contributed by atoms with van der Waals surface area (Å²) in [4.78, 5) is 25.7. The number of rotatable bonds is 8. The summed E-state index contributed by atoms with van der Waals surface area (Å²) >= 11 is 18.0. The Labute approximate surface area is 261 Å². The van der Waals surface area contributed by atoms with Crippen molar-refractivity contribution in [3.63, 3.8) is 0 Å². The number of sulfonamides is 1. The summed E-state index contributed by atoms with van der Waals surface area (Å²) in [7, 11) is -3.84. The molecular formula is C31H20Cl3N3O5S. The minimum absolute atomic E-state index is 0.0443. The van der Waals surface area contributed by atoms with Crippen molar-refractivity contribution in [1.29, 1.82) is 0 Å². The smallest absolute Gasteiger partial charge is 0.345 e. The minimum Gasteiger partial charge on any atom is -0.422 e. The van der Waals surface area contributed by atoms with Gasteiger partial charge in [-0.15, -0.1) is 0 Å². The maximum Gasteiger partial charge on any atom is 0.345 e. The standard InChI is InChI=1S/C31H20Cl3N3O5S/c32-21-8-13-24(14-9-21)43(40,41)37-23-11-5-20(6-12-23)30(38)36-35-18-27-25-4-2-1-3-19(25)7-16-29(27)42-31(39)26-15-10-22(33)17-28(26)34/h1-18,37H,(H,36,38)/b35-18-. The van der Waals surface area contributed by atoms with E-state index in [9.17, 15) is 18.0 Å². The molecule has 0 radical (unpaired) electrons. The van der Waals surface area contributed by atoms with E-state index in [1.165, 1.54) is 72.9 Å². The Bertz CT molecular complexity index is 1980. The summed E-state index contributed by atoms with van der Waals surface area (Å²) in [6, 6.07) is 26.8. The number of fused-ring (bicyclic) bond motifs is 1. The first-order valence-electron chi connectivity index (χ1n) is 12.5. The summed E-state index contributed by atoms with van der Waals surface area (Å²) in [6.07, 6.45) is 1.38. The van der Waals surface area contributed by atoms with E-state index in [2.05, 4.69) is 15.2 Å². The number of amides is 1. The number of hydrogen-bond donors (Lipinski definition) is 2. The lowest BCUT2D eigenvalue weighted by molar-refractivity contribution is 0.0734. The molecule has 0 aliphatic carbocycles. The zero-order valence-electron chi connectivity index (χ0n) is 21.9. The van der Waals surface area contributed by atoms with Gasteiger partial charge < -0.3 is 4.74 Å². The largest absolute Gasteiger partial charge is 0.422 e. The Morgan fingerprint density at radius 2 is 1.49 bits per heavy atom. The van der Waals surface area contributed by atoms with Crippen LogP contribution in [0.25, 0.3) is 10.8 Å². The monoisotopic (exact) mass is 651 g/mol. The number of halogens is 3. The average molecular weight is 653 g/mol. The van der Waals surface area contributed by atoms with Gasteiger partial charge in [-0.1, -0.05) is 65.1 Å². The van der Waals surface area contributed by atoms with Gasteiger partial charge in [-0.25, -0.2) is 18.6 Å². The number of benzene rings is 5. The Morgan fingerprint density at radius 1 is 0.791 bits per heavy atom. The molecule has 0 unspecified atom stereocenters. The molecule has 5 aromatic rings. The van der Waals surface area contributed by atoms with Crippen molar-refractivity contribution < 1.29 is 22.7 Å². The van der Waals surface area contributed by atoms with Gasteiger partial charge in [-0.05, 0) is 83.6 Å². The van der Waals surface area contributed by atoms with Crippen LogP contribution >= 0.6 is 34.8 Å². The molecule has 0 saturated heterocycles. The maximum absolute atomic E-state index is 12.9. The molecule has 0 aromatic heterocycles. The Kier molecular flexibility index (Phi) is 8.98. The molecule has 216 valence electrons. The van der Waals surface area contributed by atoms with Crippen LogP contribution in [0.15, 0.2) is 113 Å². The molecule has 0 atom stereocenters. The van der Waals surface area contributed by atoms with Gasteiger partial charge in [0.2, 0.25) is 0 Å². The van der Waals surface area contributed by atoms with Crippen LogP contribution in [0.3, 0.4) is 0 Å². The van der Waals surface area contributed by atoms with Gasteiger partial charge in [0.05, 0.1) is 21.7 Å². The molecule has 0 bridgehead atoms. The van der Waals surface area contributed by atoms with Gasteiger partial charge in [-0.2, -0.15) is 5.10 Å². The highest BCUT2D eigenvalue weighted by Gasteiger charge is 2.17. The molecule has 0 aliphatic heterocycles.